The first-order chi connectivity index (χ1) is 18.8. The zero-order valence-corrected chi connectivity index (χ0v) is 22.8. The Morgan fingerprint density at radius 3 is 2.35 bits per heavy atom. The quantitative estimate of drug-likeness (QED) is 0.338. The molecule has 0 unspecified atom stereocenters. The van der Waals surface area contributed by atoms with Crippen molar-refractivity contribution in [2.75, 3.05) is 41.8 Å². The lowest BCUT2D eigenvalue weighted by Gasteiger charge is -2.24. The van der Waals surface area contributed by atoms with Crippen molar-refractivity contribution in [3.8, 4) is 0 Å². The number of halogens is 1. The van der Waals surface area contributed by atoms with Crippen LogP contribution in [0.1, 0.15) is 16.7 Å². The minimum Gasteiger partial charge on any atom is -0.481 e. The molecule has 0 saturated heterocycles. The molecule has 0 bridgehead atoms. The first kappa shape index (κ1) is 28.3. The Bertz CT molecular complexity index is 1630. The number of carbonyl (C=O) groups excluding carboxylic acids is 2. The van der Waals surface area contributed by atoms with Crippen LogP contribution >= 0.6 is 0 Å². The second-order valence-electron chi connectivity index (χ2n) is 9.39. The molecule has 10 nitrogen and oxygen atoms in total. The highest BCUT2D eigenvalue weighted by Gasteiger charge is 2.29. The molecule has 1 aliphatic rings. The van der Waals surface area contributed by atoms with E-state index >= 15 is 0 Å². The number of amides is 2. The Kier molecular flexibility index (Phi) is 7.91. The summed E-state index contributed by atoms with van der Waals surface area (Å²) in [4.78, 5) is 37.9. The molecule has 0 aliphatic carbocycles. The third kappa shape index (κ3) is 6.29. The molecule has 208 valence electrons. The van der Waals surface area contributed by atoms with E-state index < -0.39 is 33.6 Å². The van der Waals surface area contributed by atoms with Crippen LogP contribution in [0.2, 0.25) is 0 Å². The molecular weight excluding hydrogens is 539 g/mol. The van der Waals surface area contributed by atoms with Gasteiger partial charge in [-0.05, 0) is 59.7 Å². The summed E-state index contributed by atoms with van der Waals surface area (Å²) in [6.45, 7) is -0.377. The summed E-state index contributed by atoms with van der Waals surface area (Å²) in [5.74, 6) is -2.41. The number of hydrogen-bond acceptors (Lipinski definition) is 6. The number of benzene rings is 3. The van der Waals surface area contributed by atoms with Crippen LogP contribution in [0.15, 0.2) is 66.7 Å². The third-order valence-electron chi connectivity index (χ3n) is 6.15. The van der Waals surface area contributed by atoms with Gasteiger partial charge in [0.05, 0.1) is 35.3 Å². The maximum absolute atomic E-state index is 13.9. The fourth-order valence-electron chi connectivity index (χ4n) is 4.20. The summed E-state index contributed by atoms with van der Waals surface area (Å²) in [6.07, 6.45) is 0.778. The summed E-state index contributed by atoms with van der Waals surface area (Å²) in [5.41, 5.74) is 3.08. The number of nitrogens with zero attached hydrogens (tertiary/aromatic N) is 2. The Hall–Kier alpha value is -4.71. The fourth-order valence-corrected chi connectivity index (χ4v) is 5.05. The van der Waals surface area contributed by atoms with Crippen molar-refractivity contribution >= 4 is 56.1 Å². The zero-order chi connectivity index (χ0) is 29.2. The number of carbonyl (C=O) groups is 3. The first-order valence-corrected chi connectivity index (χ1v) is 13.9. The number of fused-ring (bicyclic) bond motifs is 1. The van der Waals surface area contributed by atoms with Crippen LogP contribution in [0.4, 0.5) is 21.5 Å². The summed E-state index contributed by atoms with van der Waals surface area (Å²) in [5, 5.41) is 15.1. The van der Waals surface area contributed by atoms with Crippen LogP contribution in [0.3, 0.4) is 0 Å². The van der Waals surface area contributed by atoms with E-state index in [-0.39, 0.29) is 24.2 Å². The van der Waals surface area contributed by atoms with Gasteiger partial charge in [-0.3, -0.25) is 18.7 Å². The predicted molar refractivity (Wildman–Crippen MR) is 151 cm³/mol. The minimum atomic E-state index is -3.77. The molecule has 3 N–H and O–H groups in total. The van der Waals surface area contributed by atoms with Crippen molar-refractivity contribution in [2.24, 2.45) is 0 Å². The number of anilines is 3. The number of nitrogens with one attached hydrogen (secondary N) is 2. The molecular formula is C28H27FN4O6S. The van der Waals surface area contributed by atoms with E-state index in [2.05, 4.69) is 10.6 Å². The van der Waals surface area contributed by atoms with Crippen molar-refractivity contribution in [3.63, 3.8) is 0 Å². The molecule has 0 fully saturated rings. The maximum atomic E-state index is 13.9. The summed E-state index contributed by atoms with van der Waals surface area (Å²) < 4.78 is 39.7. The molecule has 0 spiro atoms. The van der Waals surface area contributed by atoms with Crippen LogP contribution < -0.4 is 14.9 Å². The number of aliphatic carboxylic acids is 1. The lowest BCUT2D eigenvalue weighted by molar-refractivity contribution is -0.136. The van der Waals surface area contributed by atoms with E-state index in [9.17, 15) is 32.3 Å². The van der Waals surface area contributed by atoms with Gasteiger partial charge in [-0.1, -0.05) is 18.2 Å². The lowest BCUT2D eigenvalue weighted by atomic mass is 9.98. The van der Waals surface area contributed by atoms with Crippen molar-refractivity contribution in [3.05, 3.63) is 89.2 Å². The third-order valence-corrected chi connectivity index (χ3v) is 7.29. The average Bonchev–Trinajstić information content (AvgIpc) is 3.19. The highest BCUT2D eigenvalue weighted by molar-refractivity contribution is 7.92. The zero-order valence-electron chi connectivity index (χ0n) is 21.9. The molecule has 12 heteroatoms. The van der Waals surface area contributed by atoms with Gasteiger partial charge in [-0.25, -0.2) is 12.8 Å². The Labute approximate surface area is 230 Å². The smallest absolute Gasteiger partial charge is 0.307 e. The standard InChI is InChI=1S/C28H27FN4O6S/c1-32(2)24(34)16-33(40(3,38)39)21-10-8-20(9-11-21)30-27(18-6-4-5-17(13-18)14-25(35)36)26-22-12-7-19(29)15-23(22)31-28(26)37/h4-13,15,30H,14,16H2,1-3H3,(H,31,37)(H,35,36). The van der Waals surface area contributed by atoms with E-state index in [0.29, 0.717) is 33.8 Å². The van der Waals surface area contributed by atoms with Gasteiger partial charge >= 0.3 is 5.97 Å². The van der Waals surface area contributed by atoms with Gasteiger partial charge in [0.15, 0.2) is 0 Å². The Morgan fingerprint density at radius 2 is 1.73 bits per heavy atom. The van der Waals surface area contributed by atoms with Crippen molar-refractivity contribution in [2.45, 2.75) is 6.42 Å². The molecule has 3 aromatic rings. The number of likely N-dealkylation sites (N-methyl/N-ethyl adjacent to an activating group) is 1. The van der Waals surface area contributed by atoms with Crippen molar-refractivity contribution in [1.82, 2.24) is 4.90 Å². The van der Waals surface area contributed by atoms with Gasteiger partial charge in [-0.15, -0.1) is 0 Å². The summed E-state index contributed by atoms with van der Waals surface area (Å²) in [7, 11) is -0.713. The SMILES string of the molecule is CN(C)C(=O)CN(c1ccc(NC(=C2C(=O)Nc3cc(F)ccc32)c2cccc(CC(=O)O)c2)cc1)S(C)(=O)=O. The number of rotatable bonds is 9. The number of carboxylic acid groups (broad SMARTS) is 1. The van der Waals surface area contributed by atoms with Gasteiger partial charge < -0.3 is 20.6 Å². The highest BCUT2D eigenvalue weighted by Crippen LogP contribution is 2.38. The van der Waals surface area contributed by atoms with Crippen molar-refractivity contribution in [1.29, 1.82) is 0 Å². The van der Waals surface area contributed by atoms with Gasteiger partial charge in [0.2, 0.25) is 15.9 Å². The lowest BCUT2D eigenvalue weighted by Crippen LogP contribution is -2.39. The largest absolute Gasteiger partial charge is 0.481 e. The Balaban J connectivity index is 1.78. The summed E-state index contributed by atoms with van der Waals surface area (Å²) in [6, 6.07) is 16.8. The fraction of sp³-hybridized carbons (Fsp3) is 0.179. The molecule has 3 aromatic carbocycles. The maximum Gasteiger partial charge on any atom is 0.307 e. The molecule has 1 aliphatic heterocycles. The van der Waals surface area contributed by atoms with E-state index in [1.54, 1.807) is 36.4 Å². The highest BCUT2D eigenvalue weighted by atomic mass is 32.2. The molecule has 0 radical (unpaired) electrons. The average molecular weight is 567 g/mol. The van der Waals surface area contributed by atoms with Crippen LogP contribution in [0.5, 0.6) is 0 Å². The summed E-state index contributed by atoms with van der Waals surface area (Å²) >= 11 is 0. The van der Waals surface area contributed by atoms with Crippen LogP contribution in [-0.4, -0.2) is 63.1 Å². The first-order valence-electron chi connectivity index (χ1n) is 12.0. The molecule has 1 heterocycles. The van der Waals surface area contributed by atoms with Crippen LogP contribution in [0, 0.1) is 5.82 Å². The molecule has 0 aromatic heterocycles. The molecule has 0 saturated carbocycles. The van der Waals surface area contributed by atoms with Crippen LogP contribution in [0.25, 0.3) is 11.3 Å². The molecule has 2 amide bonds. The van der Waals surface area contributed by atoms with Gasteiger partial charge in [-0.2, -0.15) is 0 Å². The monoisotopic (exact) mass is 566 g/mol. The Morgan fingerprint density at radius 1 is 1.02 bits per heavy atom. The van der Waals surface area contributed by atoms with Crippen LogP contribution in [-0.2, 0) is 30.8 Å². The van der Waals surface area contributed by atoms with Gasteiger partial charge in [0.1, 0.15) is 12.4 Å². The molecule has 40 heavy (non-hydrogen) atoms. The normalized spacial score (nSPS) is 13.8. The van der Waals surface area contributed by atoms with Gasteiger partial charge in [0, 0.05) is 25.3 Å². The molecule has 0 atom stereocenters. The second kappa shape index (κ2) is 11.2. The number of hydrogen-bond donors (Lipinski definition) is 3. The minimum absolute atomic E-state index is 0.223. The number of sulfonamides is 1. The van der Waals surface area contributed by atoms with E-state index in [4.69, 9.17) is 0 Å². The van der Waals surface area contributed by atoms with E-state index in [0.717, 1.165) is 10.6 Å². The molecule has 4 rings (SSSR count). The van der Waals surface area contributed by atoms with Crippen molar-refractivity contribution < 1.29 is 32.3 Å². The second-order valence-corrected chi connectivity index (χ2v) is 11.3. The number of carboxylic acids is 1. The topological polar surface area (TPSA) is 136 Å². The van der Waals surface area contributed by atoms with Gasteiger partial charge in [0.25, 0.3) is 5.91 Å². The predicted octanol–water partition coefficient (Wildman–Crippen LogP) is 3.24. The van der Waals surface area contributed by atoms with E-state index in [1.807, 2.05) is 0 Å². The van der Waals surface area contributed by atoms with E-state index in [1.165, 1.54) is 49.3 Å².